The SMILES string of the molecule is CC(C)=CC[C@@](C)(NS(=O)(=O)c1ccc(C)cc1)C(=O)OC(C)(C)C. The molecule has 0 radical (unpaired) electrons. The topological polar surface area (TPSA) is 72.5 Å². The molecular weight excluding hydrogens is 338 g/mol. The van der Waals surface area contributed by atoms with Crippen molar-refractivity contribution < 1.29 is 17.9 Å². The first-order chi connectivity index (χ1) is 11.3. The van der Waals surface area contributed by atoms with E-state index in [9.17, 15) is 13.2 Å². The van der Waals surface area contributed by atoms with Crippen molar-refractivity contribution >= 4 is 16.0 Å². The van der Waals surface area contributed by atoms with E-state index in [0.29, 0.717) is 0 Å². The number of nitrogens with one attached hydrogen (secondary N) is 1. The van der Waals surface area contributed by atoms with Crippen molar-refractivity contribution in [3.63, 3.8) is 0 Å². The van der Waals surface area contributed by atoms with Crippen LogP contribution in [0.25, 0.3) is 0 Å². The Morgan fingerprint density at radius 1 is 1.12 bits per heavy atom. The summed E-state index contributed by atoms with van der Waals surface area (Å²) in [6, 6.07) is 6.48. The van der Waals surface area contributed by atoms with E-state index in [1.54, 1.807) is 39.8 Å². The van der Waals surface area contributed by atoms with E-state index in [-0.39, 0.29) is 11.3 Å². The average Bonchev–Trinajstić information content (AvgIpc) is 2.43. The van der Waals surface area contributed by atoms with Crippen LogP contribution >= 0.6 is 0 Å². The zero-order valence-electron chi connectivity index (χ0n) is 16.1. The van der Waals surface area contributed by atoms with Crippen molar-refractivity contribution in [1.82, 2.24) is 4.72 Å². The minimum absolute atomic E-state index is 0.116. The van der Waals surface area contributed by atoms with Gasteiger partial charge < -0.3 is 4.74 Å². The molecule has 0 bridgehead atoms. The van der Waals surface area contributed by atoms with E-state index in [0.717, 1.165) is 11.1 Å². The van der Waals surface area contributed by atoms with Gasteiger partial charge in [0.15, 0.2) is 0 Å². The second-order valence-corrected chi connectivity index (χ2v) is 9.42. The molecular formula is C19H29NO4S. The first kappa shape index (κ1) is 21.4. The summed E-state index contributed by atoms with van der Waals surface area (Å²) in [5.74, 6) is -0.604. The molecule has 1 aromatic carbocycles. The summed E-state index contributed by atoms with van der Waals surface area (Å²) >= 11 is 0. The number of esters is 1. The maximum Gasteiger partial charge on any atom is 0.327 e. The molecule has 0 aliphatic heterocycles. The summed E-state index contributed by atoms with van der Waals surface area (Å²) in [6.07, 6.45) is 2.02. The van der Waals surface area contributed by atoms with E-state index >= 15 is 0 Å². The number of ether oxygens (including phenoxy) is 1. The highest BCUT2D eigenvalue weighted by atomic mass is 32.2. The minimum Gasteiger partial charge on any atom is -0.459 e. The number of sulfonamides is 1. The predicted molar refractivity (Wildman–Crippen MR) is 99.8 cm³/mol. The van der Waals surface area contributed by atoms with Gasteiger partial charge in [-0.3, -0.25) is 0 Å². The van der Waals surface area contributed by atoms with Crippen LogP contribution in [0.3, 0.4) is 0 Å². The molecule has 25 heavy (non-hydrogen) atoms. The second kappa shape index (κ2) is 7.70. The fourth-order valence-electron chi connectivity index (χ4n) is 2.04. The lowest BCUT2D eigenvalue weighted by Crippen LogP contribution is -2.54. The van der Waals surface area contributed by atoms with Crippen molar-refractivity contribution in [2.24, 2.45) is 0 Å². The first-order valence-electron chi connectivity index (χ1n) is 8.23. The molecule has 0 unspecified atom stereocenters. The van der Waals surface area contributed by atoms with Gasteiger partial charge in [0.1, 0.15) is 11.1 Å². The summed E-state index contributed by atoms with van der Waals surface area (Å²) in [5.41, 5.74) is -0.157. The highest BCUT2D eigenvalue weighted by Gasteiger charge is 2.40. The highest BCUT2D eigenvalue weighted by molar-refractivity contribution is 7.89. The van der Waals surface area contributed by atoms with E-state index in [2.05, 4.69) is 4.72 Å². The van der Waals surface area contributed by atoms with Crippen LogP contribution in [-0.2, 0) is 19.6 Å². The molecule has 0 saturated heterocycles. The summed E-state index contributed by atoms with van der Waals surface area (Å²) in [5, 5.41) is 0. The summed E-state index contributed by atoms with van der Waals surface area (Å²) in [6.45, 7) is 12.5. The third kappa shape index (κ3) is 6.63. The first-order valence-corrected chi connectivity index (χ1v) is 9.71. The second-order valence-electron chi connectivity index (χ2n) is 7.74. The number of carbonyl (C=O) groups excluding carboxylic acids is 1. The smallest absolute Gasteiger partial charge is 0.327 e. The number of aryl methyl sites for hydroxylation is 1. The van der Waals surface area contributed by atoms with Crippen molar-refractivity contribution in [2.75, 3.05) is 0 Å². The fourth-order valence-corrected chi connectivity index (χ4v) is 3.41. The third-order valence-electron chi connectivity index (χ3n) is 3.46. The van der Waals surface area contributed by atoms with Gasteiger partial charge in [0.25, 0.3) is 0 Å². The number of hydrogen-bond donors (Lipinski definition) is 1. The van der Waals surface area contributed by atoms with Gasteiger partial charge in [-0.15, -0.1) is 0 Å². The Balaban J connectivity index is 3.21. The molecule has 140 valence electrons. The lowest BCUT2D eigenvalue weighted by molar-refractivity contribution is -0.161. The van der Waals surface area contributed by atoms with Gasteiger partial charge in [0.05, 0.1) is 4.90 Å². The Morgan fingerprint density at radius 2 is 1.64 bits per heavy atom. The molecule has 6 heteroatoms. The molecule has 1 rings (SSSR count). The zero-order chi connectivity index (χ0) is 19.5. The van der Waals surface area contributed by atoms with Crippen LogP contribution in [0.1, 0.15) is 53.5 Å². The Bertz CT molecular complexity index is 739. The molecule has 1 atom stereocenters. The van der Waals surface area contributed by atoms with E-state index < -0.39 is 27.1 Å². The van der Waals surface area contributed by atoms with Gasteiger partial charge in [-0.2, -0.15) is 4.72 Å². The largest absolute Gasteiger partial charge is 0.459 e. The van der Waals surface area contributed by atoms with Gasteiger partial charge >= 0.3 is 5.97 Å². The summed E-state index contributed by atoms with van der Waals surface area (Å²) in [4.78, 5) is 12.8. The van der Waals surface area contributed by atoms with Crippen LogP contribution in [0.4, 0.5) is 0 Å². The molecule has 0 aliphatic carbocycles. The van der Waals surface area contributed by atoms with Gasteiger partial charge in [0.2, 0.25) is 10.0 Å². The fraction of sp³-hybridized carbons (Fsp3) is 0.526. The van der Waals surface area contributed by atoms with Gasteiger partial charge in [-0.05, 0) is 67.0 Å². The molecule has 0 heterocycles. The molecule has 0 amide bonds. The quantitative estimate of drug-likeness (QED) is 0.614. The number of rotatable bonds is 6. The van der Waals surface area contributed by atoms with Gasteiger partial charge in [0, 0.05) is 0 Å². The van der Waals surface area contributed by atoms with Crippen LogP contribution in [0.2, 0.25) is 0 Å². The van der Waals surface area contributed by atoms with Crippen molar-refractivity contribution in [1.29, 1.82) is 0 Å². The average molecular weight is 368 g/mol. The predicted octanol–water partition coefficient (Wildman–Crippen LogP) is 3.73. The normalized spacial score (nSPS) is 14.5. The van der Waals surface area contributed by atoms with E-state index in [1.165, 1.54) is 12.1 Å². The Hall–Kier alpha value is -1.66. The summed E-state index contributed by atoms with van der Waals surface area (Å²) < 4.78 is 33.4. The Kier molecular flexibility index (Phi) is 6.59. The maximum atomic E-state index is 12.7. The number of carbonyl (C=O) groups is 1. The monoisotopic (exact) mass is 367 g/mol. The Labute approximate surface area is 151 Å². The Morgan fingerprint density at radius 3 is 2.08 bits per heavy atom. The molecule has 1 N–H and O–H groups in total. The lowest BCUT2D eigenvalue weighted by Gasteiger charge is -2.31. The number of hydrogen-bond acceptors (Lipinski definition) is 4. The van der Waals surface area contributed by atoms with Crippen LogP contribution < -0.4 is 4.72 Å². The van der Waals surface area contributed by atoms with Crippen LogP contribution in [-0.4, -0.2) is 25.5 Å². The molecule has 0 aromatic heterocycles. The molecule has 5 nitrogen and oxygen atoms in total. The van der Waals surface area contributed by atoms with Gasteiger partial charge in [-0.25, -0.2) is 13.2 Å². The van der Waals surface area contributed by atoms with Crippen LogP contribution in [0.5, 0.6) is 0 Å². The zero-order valence-corrected chi connectivity index (χ0v) is 17.0. The number of allylic oxidation sites excluding steroid dienone is 1. The van der Waals surface area contributed by atoms with Gasteiger partial charge in [-0.1, -0.05) is 29.3 Å². The number of benzene rings is 1. The molecule has 0 spiro atoms. The third-order valence-corrected chi connectivity index (χ3v) is 5.07. The molecule has 1 aromatic rings. The standard InChI is InChI=1S/C19H29NO4S/c1-14(2)12-13-19(7,17(21)24-18(4,5)6)20-25(22,23)16-10-8-15(3)9-11-16/h8-12,20H,13H2,1-7H3/t19-/m1/s1. The molecule has 0 saturated carbocycles. The van der Waals surface area contributed by atoms with Crippen molar-refractivity contribution in [2.45, 2.75) is 70.9 Å². The van der Waals surface area contributed by atoms with Crippen molar-refractivity contribution in [3.8, 4) is 0 Å². The lowest BCUT2D eigenvalue weighted by atomic mass is 9.97. The summed E-state index contributed by atoms with van der Waals surface area (Å²) in [7, 11) is -3.86. The minimum atomic E-state index is -3.86. The molecule has 0 aliphatic rings. The van der Waals surface area contributed by atoms with Crippen LogP contribution in [0.15, 0.2) is 40.8 Å². The highest BCUT2D eigenvalue weighted by Crippen LogP contribution is 2.22. The molecule has 0 fully saturated rings. The maximum absolute atomic E-state index is 12.7. The van der Waals surface area contributed by atoms with E-state index in [1.807, 2.05) is 26.8 Å². The van der Waals surface area contributed by atoms with Crippen LogP contribution in [0, 0.1) is 6.92 Å². The van der Waals surface area contributed by atoms with Crippen molar-refractivity contribution in [3.05, 3.63) is 41.5 Å². The van der Waals surface area contributed by atoms with E-state index in [4.69, 9.17) is 4.74 Å².